The summed E-state index contributed by atoms with van der Waals surface area (Å²) in [6, 6.07) is 0. The van der Waals surface area contributed by atoms with Gasteiger partial charge < -0.3 is 4.63 Å². The van der Waals surface area contributed by atoms with Gasteiger partial charge in [-0.15, -0.1) is 0 Å². The van der Waals surface area contributed by atoms with Gasteiger partial charge in [-0.25, -0.2) is 0 Å². The molecule has 0 saturated heterocycles. The van der Waals surface area contributed by atoms with Crippen molar-refractivity contribution in [3.8, 4) is 0 Å². The molecule has 3 heteroatoms. The zero-order valence-corrected chi connectivity index (χ0v) is 4.65. The molecule has 0 aromatic heterocycles. The van der Waals surface area contributed by atoms with E-state index in [0.717, 1.165) is 5.32 Å². The second-order valence-corrected chi connectivity index (χ2v) is 3.83. The van der Waals surface area contributed by atoms with E-state index >= 15 is 0 Å². The fourth-order valence-electron chi connectivity index (χ4n) is 0.107. The Morgan fingerprint density at radius 1 is 2.00 bits per heavy atom. The normalized spacial score (nSPS) is 18.6. The standard InChI is InChI=1S/C2H2NSi2/c1-2-3-5(2)4/h1H2. The van der Waals surface area contributed by atoms with E-state index in [2.05, 4.69) is 21.0 Å². The zero-order valence-electron chi connectivity index (χ0n) is 2.65. The second-order valence-electron chi connectivity index (χ2n) is 0.907. The van der Waals surface area contributed by atoms with Crippen molar-refractivity contribution >= 4 is 17.9 Å². The lowest BCUT2D eigenvalue weighted by atomic mass is 11.1. The van der Waals surface area contributed by atoms with Crippen molar-refractivity contribution in [3.63, 3.8) is 0 Å². The average molecular weight is 96.2 g/mol. The lowest BCUT2D eigenvalue weighted by Crippen LogP contribution is -1.74. The molecule has 0 fully saturated rings. The van der Waals surface area contributed by atoms with Crippen molar-refractivity contribution in [2.75, 3.05) is 0 Å². The monoisotopic (exact) mass is 96.0 g/mol. The lowest BCUT2D eigenvalue weighted by molar-refractivity contribution is 1.75. The summed E-state index contributed by atoms with van der Waals surface area (Å²) in [5.74, 6) is 0. The Hall–Kier alpha value is -0.0262. The van der Waals surface area contributed by atoms with E-state index in [1.54, 1.807) is 0 Å². The Morgan fingerprint density at radius 3 is 2.20 bits per heavy atom. The van der Waals surface area contributed by atoms with Gasteiger partial charge in [0.15, 0.2) is 8.11 Å². The van der Waals surface area contributed by atoms with Crippen LogP contribution < -0.4 is 0 Å². The van der Waals surface area contributed by atoms with Gasteiger partial charge in [0.05, 0.1) is 9.76 Å². The van der Waals surface area contributed by atoms with Gasteiger partial charge in [0.2, 0.25) is 0 Å². The molecule has 0 aliphatic carbocycles. The van der Waals surface area contributed by atoms with Crippen molar-refractivity contribution in [2.45, 2.75) is 0 Å². The van der Waals surface area contributed by atoms with Gasteiger partial charge in [-0.3, -0.25) is 0 Å². The summed E-state index contributed by atoms with van der Waals surface area (Å²) in [4.78, 5) is 0. The van der Waals surface area contributed by atoms with E-state index in [0.29, 0.717) is 0 Å². The van der Waals surface area contributed by atoms with Crippen LogP contribution in [-0.2, 0) is 0 Å². The van der Waals surface area contributed by atoms with Gasteiger partial charge >= 0.3 is 0 Å². The summed E-state index contributed by atoms with van der Waals surface area (Å²) in [6.45, 7) is 3.58. The van der Waals surface area contributed by atoms with E-state index in [4.69, 9.17) is 0 Å². The average Bonchev–Trinajstić information content (AvgIpc) is 1.79. The molecular formula is C2H2NSi2. The van der Waals surface area contributed by atoms with Crippen molar-refractivity contribution in [1.29, 1.82) is 0 Å². The second kappa shape index (κ2) is 0.723. The summed E-state index contributed by atoms with van der Waals surface area (Å²) in [5, 5.41) is 1.06. The fourth-order valence-corrected chi connectivity index (χ4v) is 1.23. The van der Waals surface area contributed by atoms with Crippen LogP contribution in [0.2, 0.25) is 0 Å². The van der Waals surface area contributed by atoms with Crippen LogP contribution >= 0.6 is 0 Å². The van der Waals surface area contributed by atoms with Crippen LogP contribution in [0.25, 0.3) is 0 Å². The van der Waals surface area contributed by atoms with Crippen molar-refractivity contribution in [3.05, 3.63) is 11.9 Å². The maximum atomic E-state index is 3.88. The molecule has 23 valence electrons. The molecule has 0 saturated carbocycles. The van der Waals surface area contributed by atoms with E-state index < -0.39 is 8.11 Å². The Balaban J connectivity index is 2.69. The minimum Gasteiger partial charge on any atom is -0.304 e. The third kappa shape index (κ3) is 0.434. The predicted molar refractivity (Wildman–Crippen MR) is 23.1 cm³/mol. The first-order valence-corrected chi connectivity index (χ1v) is 4.25. The van der Waals surface area contributed by atoms with Crippen LogP contribution in [0.5, 0.6) is 0 Å². The molecule has 5 heavy (non-hydrogen) atoms. The third-order valence-electron chi connectivity index (χ3n) is 0.470. The molecule has 0 amide bonds. The minimum atomic E-state index is -0.471. The van der Waals surface area contributed by atoms with Crippen LogP contribution in [0.15, 0.2) is 16.5 Å². The molecule has 1 aliphatic rings. The molecule has 3 radical (unpaired) electrons. The molecule has 1 heterocycles. The Bertz CT molecular complexity index is 104. The molecule has 0 unspecified atom stereocenters. The first kappa shape index (κ1) is 3.17. The third-order valence-corrected chi connectivity index (χ3v) is 2.61. The highest BCUT2D eigenvalue weighted by atomic mass is 29.1. The van der Waals surface area contributed by atoms with Crippen molar-refractivity contribution < 1.29 is 0 Å². The van der Waals surface area contributed by atoms with Gasteiger partial charge in [-0.05, 0) is 0 Å². The highest BCUT2D eigenvalue weighted by molar-refractivity contribution is 7.05. The van der Waals surface area contributed by atoms with Crippen LogP contribution in [0.4, 0.5) is 0 Å². The van der Waals surface area contributed by atoms with E-state index in [1.807, 2.05) is 0 Å². The Labute approximate surface area is 35.3 Å². The smallest absolute Gasteiger partial charge is 0.157 e. The molecule has 0 N–H and O–H groups in total. The maximum absolute atomic E-state index is 3.88. The topological polar surface area (TPSA) is 12.4 Å². The molecule has 1 aliphatic heterocycles. The van der Waals surface area contributed by atoms with E-state index in [9.17, 15) is 0 Å². The first-order valence-electron chi connectivity index (χ1n) is 1.30. The fraction of sp³-hybridized carbons (Fsp3) is 0. The SMILES string of the molecule is C=C1N=[Si]1[Si]. The molecule has 0 spiro atoms. The quantitative estimate of drug-likeness (QED) is 0.376. The summed E-state index contributed by atoms with van der Waals surface area (Å²) in [7, 11) is 2.85. The van der Waals surface area contributed by atoms with Gasteiger partial charge in [0, 0.05) is 5.32 Å². The summed E-state index contributed by atoms with van der Waals surface area (Å²) in [6.07, 6.45) is 0. The van der Waals surface area contributed by atoms with Gasteiger partial charge in [-0.1, -0.05) is 6.58 Å². The van der Waals surface area contributed by atoms with Gasteiger partial charge in [0.25, 0.3) is 0 Å². The summed E-state index contributed by atoms with van der Waals surface area (Å²) >= 11 is 0. The number of hydrogen-bond donors (Lipinski definition) is 0. The van der Waals surface area contributed by atoms with Gasteiger partial charge in [-0.2, -0.15) is 0 Å². The van der Waals surface area contributed by atoms with Gasteiger partial charge in [0.1, 0.15) is 0 Å². The van der Waals surface area contributed by atoms with E-state index in [1.165, 1.54) is 0 Å². The maximum Gasteiger partial charge on any atom is 0.157 e. The zero-order chi connectivity index (χ0) is 3.86. The highest BCUT2D eigenvalue weighted by Crippen LogP contribution is 2.05. The van der Waals surface area contributed by atoms with Crippen LogP contribution in [-0.4, -0.2) is 17.9 Å². The molecule has 1 rings (SSSR count). The molecule has 1 nitrogen and oxygen atoms in total. The summed E-state index contributed by atoms with van der Waals surface area (Å²) in [5.41, 5.74) is 0. The Kier molecular flexibility index (Phi) is 0.459. The largest absolute Gasteiger partial charge is 0.304 e. The van der Waals surface area contributed by atoms with Crippen molar-refractivity contribution in [2.24, 2.45) is 4.63 Å². The summed E-state index contributed by atoms with van der Waals surface area (Å²) < 4.78 is 3.88. The minimum absolute atomic E-state index is 0.471. The lowest BCUT2D eigenvalue weighted by Gasteiger charge is -1.46. The highest BCUT2D eigenvalue weighted by Gasteiger charge is 2.08. The molecule has 0 bridgehead atoms. The number of rotatable bonds is 0. The molecular weight excluding hydrogens is 94.2 g/mol. The number of nitrogens with zero attached hydrogens (tertiary/aromatic N) is 1. The number of hydrogen-bond acceptors (Lipinski definition) is 1. The van der Waals surface area contributed by atoms with E-state index in [-0.39, 0.29) is 0 Å². The van der Waals surface area contributed by atoms with Crippen LogP contribution in [0.1, 0.15) is 0 Å². The van der Waals surface area contributed by atoms with Crippen LogP contribution in [0, 0.1) is 0 Å². The van der Waals surface area contributed by atoms with Crippen molar-refractivity contribution in [1.82, 2.24) is 0 Å². The Morgan fingerprint density at radius 2 is 2.20 bits per heavy atom. The first-order chi connectivity index (χ1) is 2.30. The predicted octanol–water partition coefficient (Wildman–Crippen LogP) is -0.0218. The van der Waals surface area contributed by atoms with Crippen LogP contribution in [0.3, 0.4) is 0 Å². The molecule has 0 aromatic carbocycles. The molecule has 0 atom stereocenters. The molecule has 0 aromatic rings.